The Morgan fingerprint density at radius 3 is 2.47 bits per heavy atom. The average molecular weight is 276 g/mol. The Balaban J connectivity index is 3.03. The minimum Gasteiger partial charge on any atom is -0.211 e. The summed E-state index contributed by atoms with van der Waals surface area (Å²) in [5.74, 6) is 0. The van der Waals surface area contributed by atoms with Crippen LogP contribution in [0.25, 0.3) is 0 Å². The largest absolute Gasteiger partial charge is 0.240 e. The van der Waals surface area contributed by atoms with Crippen molar-refractivity contribution in [3.63, 3.8) is 0 Å². The van der Waals surface area contributed by atoms with Crippen LogP contribution in [0, 0.1) is 13.8 Å². The molecular formula is C12H18ClNO2S. The van der Waals surface area contributed by atoms with E-state index in [2.05, 4.69) is 4.72 Å². The molecule has 0 radical (unpaired) electrons. The summed E-state index contributed by atoms with van der Waals surface area (Å²) in [7, 11) is -3.41. The molecule has 0 atom stereocenters. The van der Waals surface area contributed by atoms with Gasteiger partial charge in [0.15, 0.2) is 0 Å². The Hall–Kier alpha value is -0.580. The smallest absolute Gasteiger partial charge is 0.211 e. The third-order valence-electron chi connectivity index (χ3n) is 2.57. The second-order valence-electron chi connectivity index (χ2n) is 4.12. The topological polar surface area (TPSA) is 46.2 Å². The van der Waals surface area contributed by atoms with Gasteiger partial charge >= 0.3 is 0 Å². The van der Waals surface area contributed by atoms with Crippen LogP contribution in [0.2, 0.25) is 5.02 Å². The molecule has 0 heterocycles. The highest BCUT2D eigenvalue weighted by Crippen LogP contribution is 2.23. The Morgan fingerprint density at radius 2 is 1.88 bits per heavy atom. The Bertz CT molecular complexity index is 497. The van der Waals surface area contributed by atoms with E-state index in [0.717, 1.165) is 18.4 Å². The molecule has 1 aromatic carbocycles. The molecule has 0 saturated carbocycles. The normalized spacial score (nSPS) is 11.8. The zero-order chi connectivity index (χ0) is 13.1. The minimum atomic E-state index is -3.41. The molecule has 0 aliphatic carbocycles. The molecule has 0 unspecified atom stereocenters. The van der Waals surface area contributed by atoms with Gasteiger partial charge in [-0.3, -0.25) is 0 Å². The molecule has 0 aliphatic rings. The van der Waals surface area contributed by atoms with E-state index in [1.54, 1.807) is 26.0 Å². The molecule has 5 heteroatoms. The molecule has 0 amide bonds. The third kappa shape index (κ3) is 3.69. The van der Waals surface area contributed by atoms with Gasteiger partial charge in [0, 0.05) is 11.6 Å². The lowest BCUT2D eigenvalue weighted by molar-refractivity contribution is 0.577. The predicted molar refractivity (Wildman–Crippen MR) is 71.0 cm³/mol. The molecule has 17 heavy (non-hydrogen) atoms. The van der Waals surface area contributed by atoms with E-state index in [9.17, 15) is 8.42 Å². The maximum atomic E-state index is 12.0. The fraction of sp³-hybridized carbons (Fsp3) is 0.500. The first kappa shape index (κ1) is 14.5. The molecule has 1 aromatic rings. The number of hydrogen-bond acceptors (Lipinski definition) is 2. The number of sulfonamides is 1. The quantitative estimate of drug-likeness (QED) is 0.840. The standard InChI is InChI=1S/C12H18ClNO2S/c1-4-5-6-14-17(15,16)12-8-9(2)11(13)7-10(12)3/h7-8,14H,4-6H2,1-3H3. The maximum Gasteiger partial charge on any atom is 0.240 e. The van der Waals surface area contributed by atoms with Crippen LogP contribution >= 0.6 is 11.6 Å². The average Bonchev–Trinajstić information content (AvgIpc) is 2.23. The van der Waals surface area contributed by atoms with Crippen LogP contribution in [0.4, 0.5) is 0 Å². The van der Waals surface area contributed by atoms with Gasteiger partial charge in [-0.15, -0.1) is 0 Å². The Labute approximate surface area is 108 Å². The van der Waals surface area contributed by atoms with Crippen molar-refractivity contribution < 1.29 is 8.42 Å². The van der Waals surface area contributed by atoms with E-state index in [4.69, 9.17) is 11.6 Å². The van der Waals surface area contributed by atoms with Gasteiger partial charge in [-0.2, -0.15) is 0 Å². The maximum absolute atomic E-state index is 12.0. The van der Waals surface area contributed by atoms with Gasteiger partial charge in [0.1, 0.15) is 0 Å². The van der Waals surface area contributed by atoms with Crippen molar-refractivity contribution in [2.45, 2.75) is 38.5 Å². The highest BCUT2D eigenvalue weighted by atomic mass is 35.5. The molecule has 1 N–H and O–H groups in total. The van der Waals surface area contributed by atoms with Crippen LogP contribution < -0.4 is 4.72 Å². The Morgan fingerprint density at radius 1 is 1.24 bits per heavy atom. The highest BCUT2D eigenvalue weighted by molar-refractivity contribution is 7.89. The molecule has 0 aromatic heterocycles. The lowest BCUT2D eigenvalue weighted by Crippen LogP contribution is -2.25. The van der Waals surface area contributed by atoms with Gasteiger partial charge in [0.2, 0.25) is 10.0 Å². The van der Waals surface area contributed by atoms with Crippen molar-refractivity contribution >= 4 is 21.6 Å². The van der Waals surface area contributed by atoms with Gasteiger partial charge in [0.05, 0.1) is 4.90 Å². The second kappa shape index (κ2) is 5.85. The lowest BCUT2D eigenvalue weighted by atomic mass is 10.2. The van der Waals surface area contributed by atoms with Crippen LogP contribution in [-0.2, 0) is 10.0 Å². The van der Waals surface area contributed by atoms with Gasteiger partial charge in [-0.1, -0.05) is 24.9 Å². The third-order valence-corrected chi connectivity index (χ3v) is 4.58. The summed E-state index contributed by atoms with van der Waals surface area (Å²) in [5.41, 5.74) is 1.44. The Kier molecular flexibility index (Phi) is 4.98. The molecule has 0 bridgehead atoms. The second-order valence-corrected chi connectivity index (χ2v) is 6.26. The monoisotopic (exact) mass is 275 g/mol. The molecule has 1 rings (SSSR count). The van der Waals surface area contributed by atoms with E-state index in [-0.39, 0.29) is 0 Å². The van der Waals surface area contributed by atoms with Crippen LogP contribution in [0.15, 0.2) is 17.0 Å². The summed E-state index contributed by atoms with van der Waals surface area (Å²) in [6.45, 7) is 6.04. The predicted octanol–water partition coefficient (Wildman–Crippen LogP) is 3.04. The molecule has 0 aliphatic heterocycles. The zero-order valence-electron chi connectivity index (χ0n) is 10.4. The molecule has 96 valence electrons. The number of nitrogens with one attached hydrogen (secondary N) is 1. The molecule has 0 saturated heterocycles. The van der Waals surface area contributed by atoms with E-state index in [1.807, 2.05) is 6.92 Å². The van der Waals surface area contributed by atoms with Crippen molar-refractivity contribution in [3.8, 4) is 0 Å². The van der Waals surface area contributed by atoms with Crippen LogP contribution in [0.3, 0.4) is 0 Å². The van der Waals surface area contributed by atoms with E-state index < -0.39 is 10.0 Å². The van der Waals surface area contributed by atoms with Crippen molar-refractivity contribution in [3.05, 3.63) is 28.3 Å². The van der Waals surface area contributed by atoms with Crippen molar-refractivity contribution in [2.24, 2.45) is 0 Å². The SMILES string of the molecule is CCCCNS(=O)(=O)c1cc(C)c(Cl)cc1C. The van der Waals surface area contributed by atoms with Gasteiger partial charge in [-0.25, -0.2) is 13.1 Å². The summed E-state index contributed by atoms with van der Waals surface area (Å²) in [5, 5.41) is 0.593. The first-order valence-corrected chi connectivity index (χ1v) is 7.51. The summed E-state index contributed by atoms with van der Waals surface area (Å²) < 4.78 is 26.7. The number of hydrogen-bond donors (Lipinski definition) is 1. The van der Waals surface area contributed by atoms with E-state index in [0.29, 0.717) is 22.0 Å². The van der Waals surface area contributed by atoms with Crippen LogP contribution in [-0.4, -0.2) is 15.0 Å². The first-order chi connectivity index (χ1) is 7.88. The summed E-state index contributed by atoms with van der Waals surface area (Å²) >= 11 is 5.95. The van der Waals surface area contributed by atoms with E-state index in [1.165, 1.54) is 0 Å². The number of unbranched alkanes of at least 4 members (excludes halogenated alkanes) is 1. The summed E-state index contributed by atoms with van der Waals surface area (Å²) in [6.07, 6.45) is 1.80. The van der Waals surface area contributed by atoms with Crippen LogP contribution in [0.5, 0.6) is 0 Å². The van der Waals surface area contributed by atoms with Gasteiger partial charge < -0.3 is 0 Å². The van der Waals surface area contributed by atoms with Crippen molar-refractivity contribution in [2.75, 3.05) is 6.54 Å². The molecule has 0 spiro atoms. The zero-order valence-corrected chi connectivity index (χ0v) is 12.0. The summed E-state index contributed by atoms with van der Waals surface area (Å²) in [4.78, 5) is 0.315. The van der Waals surface area contributed by atoms with Gasteiger partial charge in [0.25, 0.3) is 0 Å². The lowest BCUT2D eigenvalue weighted by Gasteiger charge is -2.10. The number of benzene rings is 1. The van der Waals surface area contributed by atoms with Crippen molar-refractivity contribution in [1.29, 1.82) is 0 Å². The number of rotatable bonds is 5. The number of aryl methyl sites for hydroxylation is 2. The summed E-state index contributed by atoms with van der Waals surface area (Å²) in [6, 6.07) is 3.30. The van der Waals surface area contributed by atoms with Crippen LogP contribution in [0.1, 0.15) is 30.9 Å². The van der Waals surface area contributed by atoms with Crippen molar-refractivity contribution in [1.82, 2.24) is 4.72 Å². The number of halogens is 1. The minimum absolute atomic E-state index is 0.315. The first-order valence-electron chi connectivity index (χ1n) is 5.65. The molecular weight excluding hydrogens is 258 g/mol. The highest BCUT2D eigenvalue weighted by Gasteiger charge is 2.17. The van der Waals surface area contributed by atoms with Gasteiger partial charge in [-0.05, 0) is 43.5 Å². The molecule has 0 fully saturated rings. The fourth-order valence-electron chi connectivity index (χ4n) is 1.51. The fourth-order valence-corrected chi connectivity index (χ4v) is 3.11. The van der Waals surface area contributed by atoms with E-state index >= 15 is 0 Å². The molecule has 3 nitrogen and oxygen atoms in total.